The van der Waals surface area contributed by atoms with Gasteiger partial charge >= 0.3 is 0 Å². The fourth-order valence-electron chi connectivity index (χ4n) is 3.95. The number of hydrogen-bond donors (Lipinski definition) is 2. The van der Waals surface area contributed by atoms with Crippen molar-refractivity contribution in [3.8, 4) is 17.3 Å². The van der Waals surface area contributed by atoms with Crippen LogP contribution in [0.3, 0.4) is 0 Å². The summed E-state index contributed by atoms with van der Waals surface area (Å²) >= 11 is 8.01. The maximum Gasteiger partial charge on any atom is 0.256 e. The second-order valence-electron chi connectivity index (χ2n) is 8.46. The van der Waals surface area contributed by atoms with Crippen molar-refractivity contribution in [2.24, 2.45) is 0 Å². The van der Waals surface area contributed by atoms with Gasteiger partial charge in [-0.3, -0.25) is 9.48 Å². The molecule has 0 saturated heterocycles. The van der Waals surface area contributed by atoms with Crippen molar-refractivity contribution in [3.05, 3.63) is 88.9 Å². The number of para-hydroxylation sites is 2. The Morgan fingerprint density at radius 3 is 2.63 bits per heavy atom. The minimum absolute atomic E-state index is 0.300. The number of methoxy groups -OCH3 is 2. The van der Waals surface area contributed by atoms with E-state index in [1.54, 1.807) is 38.1 Å². The minimum atomic E-state index is -0.300. The topological polar surface area (TPSA) is 94.1 Å². The highest BCUT2D eigenvalue weighted by molar-refractivity contribution is 7.99. The third kappa shape index (κ3) is 5.85. The summed E-state index contributed by atoms with van der Waals surface area (Å²) in [5.74, 6) is 2.33. The van der Waals surface area contributed by atoms with Gasteiger partial charge in [0.2, 0.25) is 0 Å². The minimum Gasteiger partial charge on any atom is -0.497 e. The number of benzene rings is 3. The number of fused-ring (bicyclic) bond motifs is 1. The van der Waals surface area contributed by atoms with Gasteiger partial charge in [-0.2, -0.15) is 5.10 Å². The number of halogens is 1. The van der Waals surface area contributed by atoms with Crippen LogP contribution in [-0.4, -0.2) is 52.2 Å². The van der Waals surface area contributed by atoms with Crippen LogP contribution in [-0.2, 0) is 11.3 Å². The summed E-state index contributed by atoms with van der Waals surface area (Å²) in [7, 11) is 3.30. The molecule has 0 unspecified atom stereocenters. The molecule has 0 aliphatic carbocycles. The normalized spacial score (nSPS) is 11.1. The van der Waals surface area contributed by atoms with Gasteiger partial charge in [0.25, 0.3) is 5.91 Å². The number of anilines is 1. The lowest BCUT2D eigenvalue weighted by Crippen LogP contribution is -2.13. The number of H-pyrrole nitrogens is 1. The summed E-state index contributed by atoms with van der Waals surface area (Å²) < 4.78 is 12.2. The molecule has 0 radical (unpaired) electrons. The largest absolute Gasteiger partial charge is 0.497 e. The van der Waals surface area contributed by atoms with E-state index in [2.05, 4.69) is 10.3 Å². The molecule has 0 atom stereocenters. The molecule has 5 rings (SSSR count). The highest BCUT2D eigenvalue weighted by atomic mass is 35.5. The molecule has 5 aromatic rings. The maximum atomic E-state index is 13.1. The maximum absolute atomic E-state index is 13.1. The monoisotopic (exact) mass is 547 g/mol. The number of amides is 1. The summed E-state index contributed by atoms with van der Waals surface area (Å²) in [6, 6.07) is 22.7. The third-order valence-corrected chi connectivity index (χ3v) is 7.35. The van der Waals surface area contributed by atoms with E-state index in [1.165, 1.54) is 0 Å². The first kappa shape index (κ1) is 25.8. The number of carbonyl (C=O) groups excluding carboxylic acids is 1. The molecule has 0 bridgehead atoms. The van der Waals surface area contributed by atoms with Crippen LogP contribution in [0, 0.1) is 0 Å². The summed E-state index contributed by atoms with van der Waals surface area (Å²) in [5, 5.41) is 8.12. The van der Waals surface area contributed by atoms with E-state index in [9.17, 15) is 4.79 Å². The van der Waals surface area contributed by atoms with Crippen LogP contribution in [0.4, 0.5) is 5.82 Å². The average Bonchev–Trinajstić information content (AvgIpc) is 3.53. The predicted octanol–water partition coefficient (Wildman–Crippen LogP) is 6.13. The summed E-state index contributed by atoms with van der Waals surface area (Å²) in [4.78, 5) is 22.1. The van der Waals surface area contributed by atoms with E-state index in [0.717, 1.165) is 38.7 Å². The Morgan fingerprint density at radius 2 is 1.89 bits per heavy atom. The fourth-order valence-corrected chi connectivity index (χ4v) is 5.12. The number of aromatic nitrogens is 4. The van der Waals surface area contributed by atoms with Crippen LogP contribution < -0.4 is 10.1 Å². The number of aromatic amines is 1. The van der Waals surface area contributed by atoms with Gasteiger partial charge in [-0.05, 0) is 48.0 Å². The highest BCUT2D eigenvalue weighted by Crippen LogP contribution is 2.29. The van der Waals surface area contributed by atoms with Crippen molar-refractivity contribution < 1.29 is 14.3 Å². The number of rotatable bonds is 10. The molecule has 3 aromatic carbocycles. The number of carbonyl (C=O) groups is 1. The van der Waals surface area contributed by atoms with Crippen LogP contribution in [0.5, 0.6) is 5.75 Å². The van der Waals surface area contributed by atoms with E-state index in [0.29, 0.717) is 35.4 Å². The molecule has 0 aliphatic heterocycles. The van der Waals surface area contributed by atoms with Gasteiger partial charge in [-0.25, -0.2) is 4.98 Å². The van der Waals surface area contributed by atoms with E-state index >= 15 is 0 Å². The van der Waals surface area contributed by atoms with Crippen LogP contribution in [0.1, 0.15) is 15.9 Å². The van der Waals surface area contributed by atoms with Crippen LogP contribution in [0.25, 0.3) is 22.6 Å². The zero-order valence-electron chi connectivity index (χ0n) is 20.9. The van der Waals surface area contributed by atoms with Crippen LogP contribution in [0.2, 0.25) is 5.02 Å². The van der Waals surface area contributed by atoms with E-state index in [1.807, 2.05) is 65.3 Å². The first-order valence-corrected chi connectivity index (χ1v) is 13.3. The smallest absolute Gasteiger partial charge is 0.256 e. The van der Waals surface area contributed by atoms with Gasteiger partial charge in [-0.1, -0.05) is 35.9 Å². The second-order valence-corrected chi connectivity index (χ2v) is 10.0. The zero-order chi connectivity index (χ0) is 26.5. The molecule has 2 heterocycles. The van der Waals surface area contributed by atoms with Crippen molar-refractivity contribution >= 4 is 46.1 Å². The lowest BCUT2D eigenvalue weighted by Gasteiger charge is -2.08. The Balaban J connectivity index is 1.42. The molecular weight excluding hydrogens is 522 g/mol. The fraction of sp³-hybridized carbons (Fsp3) is 0.179. The molecular formula is C28H26ClN5O3S. The van der Waals surface area contributed by atoms with Crippen molar-refractivity contribution in [1.29, 1.82) is 0 Å². The molecule has 8 nitrogen and oxygen atoms in total. The molecule has 0 saturated carbocycles. The number of ether oxygens (including phenoxy) is 2. The lowest BCUT2D eigenvalue weighted by molar-refractivity contribution is 0.102. The number of thioether (sulfide) groups is 1. The first-order valence-electron chi connectivity index (χ1n) is 11.9. The molecule has 0 aliphatic rings. The second kappa shape index (κ2) is 11.7. The van der Waals surface area contributed by atoms with Gasteiger partial charge in [0.05, 0.1) is 36.3 Å². The van der Waals surface area contributed by atoms with Crippen molar-refractivity contribution in [1.82, 2.24) is 19.7 Å². The van der Waals surface area contributed by atoms with Crippen molar-refractivity contribution in [3.63, 3.8) is 0 Å². The molecule has 0 spiro atoms. The lowest BCUT2D eigenvalue weighted by atomic mass is 10.2. The van der Waals surface area contributed by atoms with E-state index in [-0.39, 0.29) is 5.91 Å². The average molecular weight is 548 g/mol. The molecule has 0 fully saturated rings. The Morgan fingerprint density at radius 1 is 1.08 bits per heavy atom. The number of hydrogen-bond acceptors (Lipinski definition) is 6. The van der Waals surface area contributed by atoms with E-state index in [4.69, 9.17) is 31.2 Å². The van der Waals surface area contributed by atoms with Gasteiger partial charge in [0.15, 0.2) is 11.6 Å². The molecule has 2 N–H and O–H groups in total. The van der Waals surface area contributed by atoms with Gasteiger partial charge in [0.1, 0.15) is 11.4 Å². The SMILES string of the molecule is COCCSc1ccc(C(=O)Nc2cc(-c3nc4ccccc4[nH]3)n(Cc3ccc(OC)cc3)n2)cc1Cl. The third-order valence-electron chi connectivity index (χ3n) is 5.88. The highest BCUT2D eigenvalue weighted by Gasteiger charge is 2.17. The Hall–Kier alpha value is -3.79. The van der Waals surface area contributed by atoms with Gasteiger partial charge in [-0.15, -0.1) is 11.8 Å². The predicted molar refractivity (Wildman–Crippen MR) is 151 cm³/mol. The summed E-state index contributed by atoms with van der Waals surface area (Å²) in [6.45, 7) is 1.10. The van der Waals surface area contributed by atoms with Crippen molar-refractivity contribution in [2.45, 2.75) is 11.4 Å². The number of nitrogens with zero attached hydrogens (tertiary/aromatic N) is 3. The van der Waals surface area contributed by atoms with E-state index < -0.39 is 0 Å². The summed E-state index contributed by atoms with van der Waals surface area (Å²) in [5.41, 5.74) is 3.99. The summed E-state index contributed by atoms with van der Waals surface area (Å²) in [6.07, 6.45) is 0. The Bertz CT molecular complexity index is 1530. The van der Waals surface area contributed by atoms with Gasteiger partial charge < -0.3 is 19.8 Å². The molecule has 10 heteroatoms. The standard InChI is InChI=1S/C28H26ClN5O3S/c1-36-13-14-38-25-12-9-19(15-21(25)29)28(35)32-26-16-24(27-30-22-5-3-4-6-23(22)31-27)34(33-26)17-18-7-10-20(37-2)11-8-18/h3-12,15-16H,13-14,17H2,1-2H3,(H,30,31)(H,32,33,35). The zero-order valence-corrected chi connectivity index (χ0v) is 22.5. The number of nitrogens with one attached hydrogen (secondary N) is 2. The molecule has 38 heavy (non-hydrogen) atoms. The van der Waals surface area contributed by atoms with Crippen LogP contribution >= 0.6 is 23.4 Å². The molecule has 2 aromatic heterocycles. The Kier molecular flexibility index (Phi) is 7.97. The quantitative estimate of drug-likeness (QED) is 0.161. The number of imidazole rings is 1. The first-order chi connectivity index (χ1) is 18.5. The molecule has 194 valence electrons. The molecule has 1 amide bonds. The van der Waals surface area contributed by atoms with Crippen molar-refractivity contribution in [2.75, 3.05) is 31.9 Å². The van der Waals surface area contributed by atoms with Gasteiger partial charge in [0, 0.05) is 29.4 Å². The van der Waals surface area contributed by atoms with Crippen LogP contribution in [0.15, 0.2) is 77.7 Å². The Labute approximate surface area is 229 Å².